The number of guanidine groups is 1. The first kappa shape index (κ1) is 14.9. The van der Waals surface area contributed by atoms with Crippen LogP contribution in [0.15, 0.2) is 29.5 Å². The van der Waals surface area contributed by atoms with Gasteiger partial charge in [0.25, 0.3) is 0 Å². The summed E-state index contributed by atoms with van der Waals surface area (Å²) >= 11 is 0. The van der Waals surface area contributed by atoms with Crippen LogP contribution in [0.5, 0.6) is 0 Å². The largest absolute Gasteiger partial charge is 0.370 e. The quantitative estimate of drug-likeness (QED) is 0.461. The molecule has 1 aliphatic carbocycles. The van der Waals surface area contributed by atoms with Crippen molar-refractivity contribution in [1.82, 2.24) is 15.3 Å². The monoisotopic (exact) mass is 299 g/mol. The van der Waals surface area contributed by atoms with E-state index < -0.39 is 0 Å². The van der Waals surface area contributed by atoms with Gasteiger partial charge < -0.3 is 16.0 Å². The van der Waals surface area contributed by atoms with Gasteiger partial charge in [0.2, 0.25) is 0 Å². The molecular weight excluding hydrogens is 274 g/mol. The van der Waals surface area contributed by atoms with E-state index in [1.807, 2.05) is 12.3 Å². The lowest BCUT2D eigenvalue weighted by atomic mass is 10.1. The first-order chi connectivity index (χ1) is 10.8. The van der Waals surface area contributed by atoms with Crippen LogP contribution in [0.2, 0.25) is 0 Å². The van der Waals surface area contributed by atoms with Crippen molar-refractivity contribution >= 4 is 17.0 Å². The Kier molecular flexibility index (Phi) is 4.93. The molecule has 1 fully saturated rings. The van der Waals surface area contributed by atoms with Crippen molar-refractivity contribution in [2.75, 3.05) is 6.54 Å². The van der Waals surface area contributed by atoms with Crippen molar-refractivity contribution in [1.29, 1.82) is 0 Å². The molecule has 118 valence electrons. The van der Waals surface area contributed by atoms with E-state index in [-0.39, 0.29) is 0 Å². The van der Waals surface area contributed by atoms with Crippen molar-refractivity contribution in [2.24, 2.45) is 10.7 Å². The van der Waals surface area contributed by atoms with Gasteiger partial charge in [-0.1, -0.05) is 25.7 Å². The van der Waals surface area contributed by atoms with E-state index in [2.05, 4.69) is 26.3 Å². The maximum atomic E-state index is 6.03. The molecular formula is C17H25N5. The highest BCUT2D eigenvalue weighted by atomic mass is 15.1. The molecule has 0 aliphatic heterocycles. The molecule has 1 saturated carbocycles. The van der Waals surface area contributed by atoms with Crippen molar-refractivity contribution in [2.45, 2.75) is 51.0 Å². The number of pyridine rings is 1. The summed E-state index contributed by atoms with van der Waals surface area (Å²) in [4.78, 5) is 12.0. The Bertz CT molecular complexity index is 623. The zero-order chi connectivity index (χ0) is 15.2. The molecule has 0 atom stereocenters. The van der Waals surface area contributed by atoms with Crippen LogP contribution in [-0.4, -0.2) is 28.5 Å². The smallest absolute Gasteiger partial charge is 0.188 e. The molecule has 4 N–H and O–H groups in total. The van der Waals surface area contributed by atoms with E-state index in [9.17, 15) is 0 Å². The van der Waals surface area contributed by atoms with Gasteiger partial charge in [-0.05, 0) is 37.0 Å². The van der Waals surface area contributed by atoms with Gasteiger partial charge in [-0.15, -0.1) is 0 Å². The second-order valence-electron chi connectivity index (χ2n) is 6.06. The van der Waals surface area contributed by atoms with E-state index in [1.54, 1.807) is 6.20 Å². The lowest BCUT2D eigenvalue weighted by Crippen LogP contribution is -2.40. The molecule has 3 rings (SSSR count). The molecule has 0 bridgehead atoms. The Morgan fingerprint density at radius 2 is 2.14 bits per heavy atom. The maximum absolute atomic E-state index is 6.03. The highest BCUT2D eigenvalue weighted by Gasteiger charge is 2.12. The number of nitrogens with zero attached hydrogens (tertiary/aromatic N) is 2. The number of fused-ring (bicyclic) bond motifs is 1. The number of aromatic nitrogens is 2. The van der Waals surface area contributed by atoms with Crippen LogP contribution in [0.25, 0.3) is 11.0 Å². The topological polar surface area (TPSA) is 79.1 Å². The third-order valence-corrected chi connectivity index (χ3v) is 4.41. The summed E-state index contributed by atoms with van der Waals surface area (Å²) in [6.45, 7) is 0.702. The summed E-state index contributed by atoms with van der Waals surface area (Å²) in [6.07, 6.45) is 12.4. The summed E-state index contributed by atoms with van der Waals surface area (Å²) in [7, 11) is 0. The summed E-state index contributed by atoms with van der Waals surface area (Å²) in [6, 6.07) is 4.55. The predicted molar refractivity (Wildman–Crippen MR) is 90.9 cm³/mol. The number of hydrogen-bond acceptors (Lipinski definition) is 2. The number of nitrogens with two attached hydrogens (primary N) is 1. The Morgan fingerprint density at radius 3 is 2.95 bits per heavy atom. The summed E-state index contributed by atoms with van der Waals surface area (Å²) < 4.78 is 0. The van der Waals surface area contributed by atoms with E-state index >= 15 is 0 Å². The van der Waals surface area contributed by atoms with Crippen LogP contribution in [0.4, 0.5) is 0 Å². The molecule has 0 unspecified atom stereocenters. The minimum Gasteiger partial charge on any atom is -0.370 e. The molecule has 5 heteroatoms. The highest BCUT2D eigenvalue weighted by Crippen LogP contribution is 2.17. The van der Waals surface area contributed by atoms with Crippen molar-refractivity contribution in [3.05, 3.63) is 30.1 Å². The molecule has 5 nitrogen and oxygen atoms in total. The molecule has 0 aromatic carbocycles. The zero-order valence-corrected chi connectivity index (χ0v) is 13.0. The number of aromatic amines is 1. The predicted octanol–water partition coefficient (Wildman–Crippen LogP) is 2.73. The number of H-pyrrole nitrogens is 1. The SMILES string of the molecule is NC(=NCCc1c[nH]c2ncccc12)NC1CCCCCC1. The molecule has 0 amide bonds. The van der Waals surface area contributed by atoms with Crippen LogP contribution in [0.3, 0.4) is 0 Å². The normalized spacial score (nSPS) is 17.5. The second-order valence-corrected chi connectivity index (χ2v) is 6.06. The third-order valence-electron chi connectivity index (χ3n) is 4.41. The average molecular weight is 299 g/mol. The molecule has 1 aliphatic rings. The third kappa shape index (κ3) is 3.78. The van der Waals surface area contributed by atoms with Crippen LogP contribution in [-0.2, 0) is 6.42 Å². The molecule has 2 heterocycles. The van der Waals surface area contributed by atoms with E-state index in [1.165, 1.54) is 49.5 Å². The summed E-state index contributed by atoms with van der Waals surface area (Å²) in [5, 5.41) is 4.56. The fourth-order valence-corrected chi connectivity index (χ4v) is 3.19. The molecule has 0 radical (unpaired) electrons. The highest BCUT2D eigenvalue weighted by molar-refractivity contribution is 5.80. The van der Waals surface area contributed by atoms with Gasteiger partial charge in [-0.25, -0.2) is 4.98 Å². The summed E-state index contributed by atoms with van der Waals surface area (Å²) in [5.41, 5.74) is 8.21. The zero-order valence-electron chi connectivity index (χ0n) is 13.0. The van der Waals surface area contributed by atoms with Gasteiger partial charge in [-0.2, -0.15) is 0 Å². The minimum atomic E-state index is 0.503. The first-order valence-electron chi connectivity index (χ1n) is 8.30. The Hall–Kier alpha value is -2.04. The van der Waals surface area contributed by atoms with E-state index in [0.29, 0.717) is 18.5 Å². The minimum absolute atomic E-state index is 0.503. The fourth-order valence-electron chi connectivity index (χ4n) is 3.19. The lowest BCUT2D eigenvalue weighted by molar-refractivity contribution is 0.530. The maximum Gasteiger partial charge on any atom is 0.188 e. The summed E-state index contributed by atoms with van der Waals surface area (Å²) in [5.74, 6) is 0.588. The number of nitrogens with one attached hydrogen (secondary N) is 2. The van der Waals surface area contributed by atoms with Crippen LogP contribution < -0.4 is 11.1 Å². The standard InChI is InChI=1S/C17H25N5/c18-17(22-14-6-3-1-2-4-7-14)20-11-9-13-12-21-16-15(13)8-5-10-19-16/h5,8,10,12,14H,1-4,6-7,9,11H2,(H,19,21)(H3,18,20,22). The molecule has 0 saturated heterocycles. The van der Waals surface area contributed by atoms with Crippen LogP contribution in [0.1, 0.15) is 44.1 Å². The lowest BCUT2D eigenvalue weighted by Gasteiger charge is -2.16. The number of rotatable bonds is 4. The Morgan fingerprint density at radius 1 is 1.32 bits per heavy atom. The van der Waals surface area contributed by atoms with Gasteiger partial charge >= 0.3 is 0 Å². The van der Waals surface area contributed by atoms with Crippen LogP contribution in [0, 0.1) is 0 Å². The van der Waals surface area contributed by atoms with Crippen molar-refractivity contribution in [3.63, 3.8) is 0 Å². The second kappa shape index (κ2) is 7.29. The molecule has 2 aromatic rings. The first-order valence-corrected chi connectivity index (χ1v) is 8.30. The van der Waals surface area contributed by atoms with Gasteiger partial charge in [-0.3, -0.25) is 4.99 Å². The fraction of sp³-hybridized carbons (Fsp3) is 0.529. The van der Waals surface area contributed by atoms with Crippen LogP contribution >= 0.6 is 0 Å². The van der Waals surface area contributed by atoms with Gasteiger partial charge in [0.05, 0.1) is 0 Å². The molecule has 2 aromatic heterocycles. The van der Waals surface area contributed by atoms with E-state index in [0.717, 1.165) is 12.1 Å². The molecule has 0 spiro atoms. The number of aliphatic imine (C=N–C) groups is 1. The van der Waals surface area contributed by atoms with Crippen molar-refractivity contribution < 1.29 is 0 Å². The van der Waals surface area contributed by atoms with Gasteiger partial charge in [0, 0.05) is 30.4 Å². The van der Waals surface area contributed by atoms with Gasteiger partial charge in [0.1, 0.15) is 5.65 Å². The van der Waals surface area contributed by atoms with E-state index in [4.69, 9.17) is 5.73 Å². The van der Waals surface area contributed by atoms with Gasteiger partial charge in [0.15, 0.2) is 5.96 Å². The van der Waals surface area contributed by atoms with Crippen molar-refractivity contribution in [3.8, 4) is 0 Å². The Balaban J connectivity index is 1.52. The average Bonchev–Trinajstić information content (AvgIpc) is 2.76. The molecule has 22 heavy (non-hydrogen) atoms. The number of hydrogen-bond donors (Lipinski definition) is 3. The Labute approximate surface area is 131 Å².